The summed E-state index contributed by atoms with van der Waals surface area (Å²) in [5, 5.41) is 9.92. The SMILES string of the molecule is CC(C)(O)CN1CCN(c2nc(N)nc(Cl)n2)CC1. The number of nitrogens with two attached hydrogens (primary N) is 1. The van der Waals surface area contributed by atoms with E-state index in [9.17, 15) is 5.11 Å². The second-order valence-corrected chi connectivity index (χ2v) is 5.68. The molecule has 2 rings (SSSR count). The lowest BCUT2D eigenvalue weighted by Gasteiger charge is -2.37. The van der Waals surface area contributed by atoms with Crippen LogP contribution in [0.25, 0.3) is 0 Å². The summed E-state index contributed by atoms with van der Waals surface area (Å²) in [5.41, 5.74) is 4.88. The van der Waals surface area contributed by atoms with Crippen molar-refractivity contribution in [3.8, 4) is 0 Å². The summed E-state index contributed by atoms with van der Waals surface area (Å²) >= 11 is 5.77. The molecule has 1 aliphatic rings. The Kier molecular flexibility index (Phi) is 4.07. The van der Waals surface area contributed by atoms with Crippen molar-refractivity contribution in [1.29, 1.82) is 0 Å². The molecular formula is C11H19ClN6O. The Morgan fingerprint density at radius 2 is 1.84 bits per heavy atom. The predicted octanol–water partition coefficient (Wildman–Crippen LogP) is 0.0001000. The maximum absolute atomic E-state index is 9.80. The van der Waals surface area contributed by atoms with E-state index in [2.05, 4.69) is 19.9 Å². The van der Waals surface area contributed by atoms with Crippen molar-refractivity contribution in [3.63, 3.8) is 0 Å². The summed E-state index contributed by atoms with van der Waals surface area (Å²) in [6.07, 6.45) is 0. The zero-order valence-corrected chi connectivity index (χ0v) is 11.9. The smallest absolute Gasteiger partial charge is 0.231 e. The van der Waals surface area contributed by atoms with Gasteiger partial charge in [0, 0.05) is 32.7 Å². The van der Waals surface area contributed by atoms with Crippen LogP contribution in [0.2, 0.25) is 5.28 Å². The largest absolute Gasteiger partial charge is 0.389 e. The number of halogens is 1. The highest BCUT2D eigenvalue weighted by Crippen LogP contribution is 2.15. The number of nitrogens with zero attached hydrogens (tertiary/aromatic N) is 5. The van der Waals surface area contributed by atoms with Crippen molar-refractivity contribution >= 4 is 23.5 Å². The highest BCUT2D eigenvalue weighted by molar-refractivity contribution is 6.28. The lowest BCUT2D eigenvalue weighted by Crippen LogP contribution is -2.51. The molecule has 1 saturated heterocycles. The first-order valence-electron chi connectivity index (χ1n) is 6.20. The van der Waals surface area contributed by atoms with E-state index >= 15 is 0 Å². The summed E-state index contributed by atoms with van der Waals surface area (Å²) in [5.74, 6) is 0.648. The van der Waals surface area contributed by atoms with Crippen LogP contribution in [0.4, 0.5) is 11.9 Å². The van der Waals surface area contributed by atoms with Crippen LogP contribution in [0.3, 0.4) is 0 Å². The maximum atomic E-state index is 9.80. The van der Waals surface area contributed by atoms with Gasteiger partial charge in [-0.25, -0.2) is 0 Å². The van der Waals surface area contributed by atoms with Gasteiger partial charge in [0.15, 0.2) is 0 Å². The van der Waals surface area contributed by atoms with Gasteiger partial charge in [0.1, 0.15) is 0 Å². The highest BCUT2D eigenvalue weighted by Gasteiger charge is 2.24. The molecular weight excluding hydrogens is 268 g/mol. The molecule has 2 heterocycles. The standard InChI is InChI=1S/C11H19ClN6O/c1-11(2,19)7-17-3-5-18(6-4-17)10-15-8(12)14-9(13)16-10/h19H,3-7H2,1-2H3,(H2,13,14,15,16). The number of β-amino-alcohol motifs (C(OH)–C–C–N with tert-alkyl or cyclic N) is 1. The van der Waals surface area contributed by atoms with Gasteiger partial charge in [-0.1, -0.05) is 0 Å². The van der Waals surface area contributed by atoms with Crippen LogP contribution in [0, 0.1) is 0 Å². The molecule has 1 aliphatic heterocycles. The quantitative estimate of drug-likeness (QED) is 0.808. The molecule has 1 aromatic heterocycles. The zero-order valence-electron chi connectivity index (χ0n) is 11.2. The topological polar surface area (TPSA) is 91.4 Å². The Balaban J connectivity index is 1.96. The Bertz CT molecular complexity index is 421. The third kappa shape index (κ3) is 4.15. The normalized spacial score (nSPS) is 17.8. The summed E-state index contributed by atoms with van der Waals surface area (Å²) in [6, 6.07) is 0. The molecule has 1 aromatic rings. The van der Waals surface area contributed by atoms with E-state index in [0.29, 0.717) is 12.5 Å². The molecule has 1 fully saturated rings. The monoisotopic (exact) mass is 286 g/mol. The van der Waals surface area contributed by atoms with Gasteiger partial charge in [0.05, 0.1) is 5.60 Å². The number of nitrogen functional groups attached to an aromatic ring is 1. The minimum absolute atomic E-state index is 0.112. The fourth-order valence-electron chi connectivity index (χ4n) is 2.15. The third-order valence-electron chi connectivity index (χ3n) is 2.88. The first kappa shape index (κ1) is 14.2. The summed E-state index contributed by atoms with van der Waals surface area (Å²) < 4.78 is 0. The number of hydrogen-bond acceptors (Lipinski definition) is 7. The fraction of sp³-hybridized carbons (Fsp3) is 0.727. The van der Waals surface area contributed by atoms with Crippen molar-refractivity contribution in [2.24, 2.45) is 0 Å². The zero-order chi connectivity index (χ0) is 14.0. The molecule has 0 aliphatic carbocycles. The Morgan fingerprint density at radius 1 is 1.21 bits per heavy atom. The lowest BCUT2D eigenvalue weighted by atomic mass is 10.1. The molecule has 7 nitrogen and oxygen atoms in total. The van der Waals surface area contributed by atoms with Crippen molar-refractivity contribution in [3.05, 3.63) is 5.28 Å². The molecule has 3 N–H and O–H groups in total. The summed E-state index contributed by atoms with van der Waals surface area (Å²) in [7, 11) is 0. The number of aromatic nitrogens is 3. The molecule has 0 saturated carbocycles. The number of rotatable bonds is 3. The van der Waals surface area contributed by atoms with E-state index in [-0.39, 0.29) is 11.2 Å². The average Bonchev–Trinajstić information content (AvgIpc) is 2.26. The molecule has 0 spiro atoms. The van der Waals surface area contributed by atoms with Gasteiger partial charge < -0.3 is 15.7 Å². The second-order valence-electron chi connectivity index (χ2n) is 5.34. The first-order valence-corrected chi connectivity index (χ1v) is 6.58. The van der Waals surface area contributed by atoms with Crippen molar-refractivity contribution in [2.45, 2.75) is 19.4 Å². The van der Waals surface area contributed by atoms with E-state index in [1.54, 1.807) is 0 Å². The molecule has 106 valence electrons. The van der Waals surface area contributed by atoms with Gasteiger partial charge in [-0.15, -0.1) is 0 Å². The highest BCUT2D eigenvalue weighted by atomic mass is 35.5. The van der Waals surface area contributed by atoms with Gasteiger partial charge in [0.25, 0.3) is 0 Å². The number of anilines is 2. The van der Waals surface area contributed by atoms with Gasteiger partial charge >= 0.3 is 0 Å². The van der Waals surface area contributed by atoms with Gasteiger partial charge in [-0.3, -0.25) is 4.90 Å². The van der Waals surface area contributed by atoms with Crippen LogP contribution in [-0.4, -0.2) is 63.3 Å². The lowest BCUT2D eigenvalue weighted by molar-refractivity contribution is 0.0344. The van der Waals surface area contributed by atoms with E-state index in [4.69, 9.17) is 17.3 Å². The van der Waals surface area contributed by atoms with E-state index < -0.39 is 5.60 Å². The van der Waals surface area contributed by atoms with Crippen LogP contribution < -0.4 is 10.6 Å². The van der Waals surface area contributed by atoms with Crippen LogP contribution in [0.5, 0.6) is 0 Å². The number of hydrogen-bond donors (Lipinski definition) is 2. The molecule has 0 aromatic carbocycles. The summed E-state index contributed by atoms with van der Waals surface area (Å²) in [4.78, 5) is 16.1. The molecule has 0 bridgehead atoms. The Hall–Kier alpha value is -1.18. The molecule has 19 heavy (non-hydrogen) atoms. The Labute approximate surface area is 117 Å². The minimum atomic E-state index is -0.678. The van der Waals surface area contributed by atoms with E-state index in [1.165, 1.54) is 0 Å². The van der Waals surface area contributed by atoms with Gasteiger partial charge in [0.2, 0.25) is 17.2 Å². The third-order valence-corrected chi connectivity index (χ3v) is 3.05. The van der Waals surface area contributed by atoms with E-state index in [0.717, 1.165) is 26.2 Å². The fourth-order valence-corrected chi connectivity index (χ4v) is 2.31. The van der Waals surface area contributed by atoms with Gasteiger partial charge in [-0.2, -0.15) is 15.0 Å². The van der Waals surface area contributed by atoms with Crippen molar-refractivity contribution in [1.82, 2.24) is 19.9 Å². The molecule has 0 radical (unpaired) electrons. The second kappa shape index (κ2) is 5.44. The van der Waals surface area contributed by atoms with Crippen LogP contribution in [0.15, 0.2) is 0 Å². The van der Waals surface area contributed by atoms with Crippen molar-refractivity contribution < 1.29 is 5.11 Å². The first-order chi connectivity index (χ1) is 8.83. The number of piperazine rings is 1. The maximum Gasteiger partial charge on any atom is 0.231 e. The molecule has 0 amide bonds. The number of aliphatic hydroxyl groups is 1. The molecule has 0 atom stereocenters. The molecule has 8 heteroatoms. The minimum Gasteiger partial charge on any atom is -0.389 e. The Morgan fingerprint density at radius 3 is 2.37 bits per heavy atom. The van der Waals surface area contributed by atoms with Crippen LogP contribution >= 0.6 is 11.6 Å². The van der Waals surface area contributed by atoms with Crippen LogP contribution in [-0.2, 0) is 0 Å². The van der Waals surface area contributed by atoms with Gasteiger partial charge in [-0.05, 0) is 25.4 Å². The van der Waals surface area contributed by atoms with Crippen LogP contribution in [0.1, 0.15) is 13.8 Å². The van der Waals surface area contributed by atoms with E-state index in [1.807, 2.05) is 18.7 Å². The van der Waals surface area contributed by atoms with Crippen molar-refractivity contribution in [2.75, 3.05) is 43.4 Å². The average molecular weight is 287 g/mol. The predicted molar refractivity (Wildman–Crippen MR) is 74.2 cm³/mol. The molecule has 0 unspecified atom stereocenters. The summed E-state index contributed by atoms with van der Waals surface area (Å²) in [6.45, 7) is 7.50.